The third-order valence-electron chi connectivity index (χ3n) is 12.6. The first-order valence-electron chi connectivity index (χ1n) is 20.6. The second kappa shape index (κ2) is 16.3. The molecule has 4 aromatic rings. The average Bonchev–Trinajstić information content (AvgIpc) is 3.69. The number of phenolic OH excluding ortho intramolecular Hbond substituents is 1. The van der Waals surface area contributed by atoms with E-state index in [0.717, 1.165) is 48.1 Å². The Balaban J connectivity index is 1.42. The number of likely N-dealkylation sites (tertiary alicyclic amines) is 1. The molecule has 3 saturated heterocycles. The number of anilines is 1. The van der Waals surface area contributed by atoms with Gasteiger partial charge in [-0.3, -0.25) is 19.3 Å². The number of hydrogen-bond donors (Lipinski definition) is 2. The molecule has 0 saturated carbocycles. The number of aromatic hydroxyl groups is 1. The summed E-state index contributed by atoms with van der Waals surface area (Å²) in [5.74, 6) is -4.17. The molecule has 1 spiro atoms. The first-order valence-corrected chi connectivity index (χ1v) is 20.6. The molecule has 0 aromatic heterocycles. The molecule has 7 unspecified atom stereocenters. The van der Waals surface area contributed by atoms with E-state index in [1.165, 1.54) is 19.2 Å². The van der Waals surface area contributed by atoms with E-state index in [2.05, 4.69) is 5.32 Å². The lowest BCUT2D eigenvalue weighted by Gasteiger charge is -2.46. The second-order valence-electron chi connectivity index (χ2n) is 16.3. The summed E-state index contributed by atoms with van der Waals surface area (Å²) in [6.45, 7) is 4.41. The molecule has 12 heteroatoms. The first-order chi connectivity index (χ1) is 28.6. The Hall–Kier alpha value is -6.01. The fourth-order valence-corrected chi connectivity index (χ4v) is 9.99. The number of para-hydroxylation sites is 1. The molecule has 2 N–H and O–H groups in total. The molecule has 59 heavy (non-hydrogen) atoms. The summed E-state index contributed by atoms with van der Waals surface area (Å²) in [5, 5.41) is 13.4. The van der Waals surface area contributed by atoms with Gasteiger partial charge in [0.1, 0.15) is 29.4 Å². The minimum atomic E-state index is -1.88. The number of amides is 4. The van der Waals surface area contributed by atoms with E-state index in [-0.39, 0.29) is 17.3 Å². The van der Waals surface area contributed by atoms with E-state index < -0.39 is 71.4 Å². The summed E-state index contributed by atoms with van der Waals surface area (Å²) in [6.07, 6.45) is 3.60. The number of urea groups is 1. The summed E-state index contributed by atoms with van der Waals surface area (Å²) in [5.41, 5.74) is 0.827. The van der Waals surface area contributed by atoms with E-state index in [4.69, 9.17) is 9.47 Å². The van der Waals surface area contributed by atoms with Crippen LogP contribution < -0.4 is 10.2 Å². The molecule has 8 rings (SSSR count). The zero-order valence-electron chi connectivity index (χ0n) is 33.5. The van der Waals surface area contributed by atoms with Crippen LogP contribution in [0.5, 0.6) is 5.75 Å². The van der Waals surface area contributed by atoms with Crippen LogP contribution >= 0.6 is 0 Å². The van der Waals surface area contributed by atoms with E-state index in [1.807, 2.05) is 65.6 Å². The number of nitrogens with zero attached hydrogens (tertiary/aromatic N) is 3. The van der Waals surface area contributed by atoms with Gasteiger partial charge in [0.2, 0.25) is 11.8 Å². The Kier molecular flexibility index (Phi) is 11.0. The van der Waals surface area contributed by atoms with Gasteiger partial charge in [0.25, 0.3) is 0 Å². The summed E-state index contributed by atoms with van der Waals surface area (Å²) < 4.78 is 11.6. The van der Waals surface area contributed by atoms with Crippen molar-refractivity contribution >= 4 is 35.5 Å². The summed E-state index contributed by atoms with van der Waals surface area (Å²) in [4.78, 5) is 79.6. The Morgan fingerprint density at radius 3 is 1.98 bits per heavy atom. The van der Waals surface area contributed by atoms with Crippen LogP contribution in [0.15, 0.2) is 109 Å². The number of morpholine rings is 1. The second-order valence-corrected chi connectivity index (χ2v) is 16.3. The Bertz CT molecular complexity index is 2210. The fraction of sp³-hybridized carbons (Fsp3) is 0.383. The van der Waals surface area contributed by atoms with Crippen LogP contribution in [-0.4, -0.2) is 77.0 Å². The van der Waals surface area contributed by atoms with E-state index in [0.29, 0.717) is 24.2 Å². The maximum atomic E-state index is 16.2. The van der Waals surface area contributed by atoms with Gasteiger partial charge < -0.3 is 24.8 Å². The van der Waals surface area contributed by atoms with Crippen molar-refractivity contribution in [1.29, 1.82) is 0 Å². The van der Waals surface area contributed by atoms with E-state index in [9.17, 15) is 14.7 Å². The Morgan fingerprint density at radius 2 is 1.36 bits per heavy atom. The summed E-state index contributed by atoms with van der Waals surface area (Å²) in [6, 6.07) is 27.4. The number of ether oxygens (including phenoxy) is 2. The highest BCUT2D eigenvalue weighted by molar-refractivity contribution is 6.25. The predicted octanol–water partition coefficient (Wildman–Crippen LogP) is 6.76. The molecule has 4 aromatic carbocycles. The molecule has 3 fully saturated rings. The Morgan fingerprint density at radius 1 is 0.763 bits per heavy atom. The highest BCUT2D eigenvalue weighted by Crippen LogP contribution is 2.66. The van der Waals surface area contributed by atoms with Crippen molar-refractivity contribution in [2.45, 2.75) is 81.6 Å². The fourth-order valence-electron chi connectivity index (χ4n) is 9.99. The normalized spacial score (nSPS) is 26.1. The number of nitrogens with one attached hydrogen (secondary N) is 1. The molecule has 306 valence electrons. The predicted molar refractivity (Wildman–Crippen MR) is 219 cm³/mol. The van der Waals surface area contributed by atoms with Gasteiger partial charge in [-0.25, -0.2) is 14.5 Å². The third-order valence-corrected chi connectivity index (χ3v) is 12.6. The first kappa shape index (κ1) is 39.8. The molecule has 0 aliphatic carbocycles. The molecule has 0 radical (unpaired) electrons. The maximum absolute atomic E-state index is 16.2. The number of cyclic esters (lactones) is 1. The number of carbonyl (C=O) groups excluding carboxylic acids is 5. The summed E-state index contributed by atoms with van der Waals surface area (Å²) >= 11 is 0. The van der Waals surface area contributed by atoms with Gasteiger partial charge in [-0.1, -0.05) is 124 Å². The number of carbonyl (C=O) groups is 5. The van der Waals surface area contributed by atoms with E-state index in [1.54, 1.807) is 55.1 Å². The highest BCUT2D eigenvalue weighted by atomic mass is 16.6. The van der Waals surface area contributed by atoms with Crippen molar-refractivity contribution in [1.82, 2.24) is 15.1 Å². The SMILES string of the molecule is COC(=O)C(NC(=O)N1C(=O)C2(c3ccccc31)C(C(=O)N1CCCCCCC1)C1C(=O)OC(c3ccccc3)C(c3ccccc3)N1C2c1ccc(O)cc1)C(C)C. The van der Waals surface area contributed by atoms with Crippen LogP contribution in [0.1, 0.15) is 86.4 Å². The van der Waals surface area contributed by atoms with Crippen LogP contribution in [0.3, 0.4) is 0 Å². The molecule has 4 aliphatic heterocycles. The van der Waals surface area contributed by atoms with Gasteiger partial charge in [-0.15, -0.1) is 0 Å². The van der Waals surface area contributed by atoms with Gasteiger partial charge in [0, 0.05) is 13.1 Å². The van der Waals surface area contributed by atoms with Crippen LogP contribution in [0.2, 0.25) is 0 Å². The number of hydrogen-bond acceptors (Lipinski definition) is 9. The zero-order chi connectivity index (χ0) is 41.4. The molecule has 4 amide bonds. The molecule has 12 nitrogen and oxygen atoms in total. The van der Waals surface area contributed by atoms with Crippen LogP contribution in [0, 0.1) is 11.8 Å². The van der Waals surface area contributed by atoms with Crippen LogP contribution in [0.25, 0.3) is 0 Å². The molecule has 7 atom stereocenters. The van der Waals surface area contributed by atoms with Crippen LogP contribution in [0.4, 0.5) is 10.5 Å². The van der Waals surface area contributed by atoms with Gasteiger partial charge in [0.05, 0.1) is 30.8 Å². The minimum Gasteiger partial charge on any atom is -0.508 e. The topological polar surface area (TPSA) is 146 Å². The van der Waals surface area contributed by atoms with E-state index >= 15 is 14.4 Å². The number of esters is 2. The number of rotatable bonds is 7. The van der Waals surface area contributed by atoms with Crippen molar-refractivity contribution in [3.63, 3.8) is 0 Å². The lowest BCUT2D eigenvalue weighted by molar-refractivity contribution is -0.179. The van der Waals surface area contributed by atoms with Gasteiger partial charge >= 0.3 is 18.0 Å². The third kappa shape index (κ3) is 6.73. The molecule has 4 heterocycles. The number of benzene rings is 4. The quantitative estimate of drug-likeness (QED) is 0.194. The Labute approximate surface area is 344 Å². The van der Waals surface area contributed by atoms with Crippen molar-refractivity contribution in [2.75, 3.05) is 25.1 Å². The lowest BCUT2D eigenvalue weighted by Crippen LogP contribution is -2.58. The minimum absolute atomic E-state index is 0.00730. The largest absolute Gasteiger partial charge is 0.508 e. The zero-order valence-corrected chi connectivity index (χ0v) is 33.5. The van der Waals surface area contributed by atoms with Crippen molar-refractivity contribution in [3.8, 4) is 5.75 Å². The van der Waals surface area contributed by atoms with Crippen molar-refractivity contribution < 1.29 is 38.6 Å². The average molecular weight is 799 g/mol. The number of fused-ring (bicyclic) bond motifs is 3. The van der Waals surface area contributed by atoms with Crippen molar-refractivity contribution in [3.05, 3.63) is 131 Å². The number of phenols is 1. The lowest BCUT2D eigenvalue weighted by atomic mass is 9.65. The molecule has 4 aliphatic rings. The molecular weight excluding hydrogens is 749 g/mol. The summed E-state index contributed by atoms with van der Waals surface area (Å²) in [7, 11) is 1.23. The van der Waals surface area contributed by atoms with Crippen molar-refractivity contribution in [2.24, 2.45) is 11.8 Å². The standard InChI is InChI=1S/C47H50N4O8/c1-29(2)37(43(54)58-3)48-46(57)50-35-22-14-13-21-34(35)47(45(50)56)36(42(53)49-27-15-5-4-6-16-28-49)39-44(55)59-40(31-19-11-8-12-20-31)38(30-17-9-7-10-18-30)51(39)41(47)32-23-25-33(52)26-24-32/h7-14,17-26,29,36-41,52H,4-6,15-16,27-28H2,1-3H3,(H,48,57). The molecular formula is C47H50N4O8. The highest BCUT2D eigenvalue weighted by Gasteiger charge is 2.76. The van der Waals surface area contributed by atoms with Crippen LogP contribution in [-0.2, 0) is 34.1 Å². The molecule has 0 bridgehead atoms. The smallest absolute Gasteiger partial charge is 0.329 e. The maximum Gasteiger partial charge on any atom is 0.329 e. The van der Waals surface area contributed by atoms with Gasteiger partial charge in [0.15, 0.2) is 0 Å². The van der Waals surface area contributed by atoms with Gasteiger partial charge in [-0.05, 0) is 59.2 Å². The monoisotopic (exact) mass is 798 g/mol. The number of methoxy groups -OCH3 is 1. The number of imide groups is 1. The van der Waals surface area contributed by atoms with Gasteiger partial charge in [-0.2, -0.15) is 0 Å².